The first-order chi connectivity index (χ1) is 8.54. The van der Waals surface area contributed by atoms with Crippen LogP contribution in [0.4, 0.5) is 0 Å². The zero-order valence-electron chi connectivity index (χ0n) is 10.4. The maximum atomic E-state index is 11.0. The fraction of sp³-hybridized carbons (Fsp3) is 0.462. The molecular weight excluding hydrogens is 254 g/mol. The van der Waals surface area contributed by atoms with Crippen LogP contribution in [0.1, 0.15) is 23.6 Å². The molecule has 0 spiro atoms. The summed E-state index contributed by atoms with van der Waals surface area (Å²) in [5, 5.41) is 12.9. The largest absolute Gasteiger partial charge is 0.496 e. The van der Waals surface area contributed by atoms with Crippen LogP contribution >= 0.6 is 11.6 Å². The molecule has 1 aliphatic rings. The monoisotopic (exact) mass is 269 g/mol. The molecule has 0 aromatic heterocycles. The molecule has 0 radical (unpaired) electrons. The minimum Gasteiger partial charge on any atom is -0.496 e. The summed E-state index contributed by atoms with van der Waals surface area (Å²) in [7, 11) is 1.61. The first kappa shape index (κ1) is 13.2. The Labute approximate surface area is 111 Å². The molecule has 1 heterocycles. The molecule has 18 heavy (non-hydrogen) atoms. The van der Waals surface area contributed by atoms with Gasteiger partial charge in [-0.2, -0.15) is 0 Å². The Morgan fingerprint density at radius 2 is 2.28 bits per heavy atom. The fourth-order valence-electron chi connectivity index (χ4n) is 2.43. The van der Waals surface area contributed by atoms with Crippen LogP contribution in [-0.2, 0) is 4.79 Å². The molecule has 2 N–H and O–H groups in total. The summed E-state index contributed by atoms with van der Waals surface area (Å²) in [6, 6.07) is 3.60. The van der Waals surface area contributed by atoms with E-state index in [2.05, 4.69) is 5.32 Å². The van der Waals surface area contributed by atoms with Crippen molar-refractivity contribution < 1.29 is 14.6 Å². The SMILES string of the molecule is COc1ccc(Cl)c(C)c1C1CC(C(=O)O)CN1. The van der Waals surface area contributed by atoms with Crippen LogP contribution in [0.25, 0.3) is 0 Å². The molecule has 0 bridgehead atoms. The summed E-state index contributed by atoms with van der Waals surface area (Å²) in [6.07, 6.45) is 0.562. The third-order valence-corrected chi connectivity index (χ3v) is 3.87. The lowest BCUT2D eigenvalue weighted by molar-refractivity contribution is -0.141. The quantitative estimate of drug-likeness (QED) is 0.885. The Kier molecular flexibility index (Phi) is 3.78. The summed E-state index contributed by atoms with van der Waals surface area (Å²) in [6.45, 7) is 2.41. The van der Waals surface area contributed by atoms with Crippen LogP contribution in [-0.4, -0.2) is 24.7 Å². The molecule has 2 unspecified atom stereocenters. The summed E-state index contributed by atoms with van der Waals surface area (Å²) in [5.41, 5.74) is 1.91. The second-order valence-corrected chi connectivity index (χ2v) is 4.93. The van der Waals surface area contributed by atoms with E-state index in [0.717, 1.165) is 16.9 Å². The van der Waals surface area contributed by atoms with E-state index >= 15 is 0 Å². The smallest absolute Gasteiger partial charge is 0.307 e. The van der Waals surface area contributed by atoms with Gasteiger partial charge < -0.3 is 15.2 Å². The van der Waals surface area contributed by atoms with Crippen LogP contribution in [0.2, 0.25) is 5.02 Å². The van der Waals surface area contributed by atoms with Gasteiger partial charge in [0.1, 0.15) is 5.75 Å². The third-order valence-electron chi connectivity index (χ3n) is 3.46. The molecule has 2 atom stereocenters. The maximum absolute atomic E-state index is 11.0. The van der Waals surface area contributed by atoms with Crippen molar-refractivity contribution in [3.05, 3.63) is 28.3 Å². The number of halogens is 1. The molecule has 1 saturated heterocycles. The lowest BCUT2D eigenvalue weighted by Gasteiger charge is -2.18. The molecule has 0 saturated carbocycles. The molecule has 5 heteroatoms. The highest BCUT2D eigenvalue weighted by molar-refractivity contribution is 6.31. The Hall–Kier alpha value is -1.26. The van der Waals surface area contributed by atoms with Crippen LogP contribution in [0.5, 0.6) is 5.75 Å². The highest BCUT2D eigenvalue weighted by atomic mass is 35.5. The van der Waals surface area contributed by atoms with Crippen LogP contribution in [0.3, 0.4) is 0 Å². The molecule has 0 amide bonds. The van der Waals surface area contributed by atoms with Crippen molar-refractivity contribution in [1.29, 1.82) is 0 Å². The normalized spacial score (nSPS) is 23.1. The van der Waals surface area contributed by atoms with Crippen molar-refractivity contribution in [2.24, 2.45) is 5.92 Å². The summed E-state index contributed by atoms with van der Waals surface area (Å²) in [4.78, 5) is 11.0. The van der Waals surface area contributed by atoms with Gasteiger partial charge in [0.25, 0.3) is 0 Å². The molecule has 1 aliphatic heterocycles. The summed E-state index contributed by atoms with van der Waals surface area (Å²) >= 11 is 6.12. The van der Waals surface area contributed by atoms with Gasteiger partial charge in [-0.15, -0.1) is 0 Å². The van der Waals surface area contributed by atoms with Gasteiger partial charge in [-0.3, -0.25) is 4.79 Å². The Morgan fingerprint density at radius 3 is 2.83 bits per heavy atom. The molecule has 1 aromatic rings. The standard InChI is InChI=1S/C13H16ClNO3/c1-7-9(14)3-4-11(18-2)12(7)10-5-8(6-15-10)13(16)17/h3-4,8,10,15H,5-6H2,1-2H3,(H,16,17). The number of hydrogen-bond acceptors (Lipinski definition) is 3. The van der Waals surface area contributed by atoms with Gasteiger partial charge in [0.2, 0.25) is 0 Å². The molecule has 4 nitrogen and oxygen atoms in total. The Morgan fingerprint density at radius 1 is 1.56 bits per heavy atom. The van der Waals surface area contributed by atoms with Gasteiger partial charge in [0.05, 0.1) is 13.0 Å². The van der Waals surface area contributed by atoms with Gasteiger partial charge >= 0.3 is 5.97 Å². The van der Waals surface area contributed by atoms with Crippen molar-refractivity contribution in [1.82, 2.24) is 5.32 Å². The van der Waals surface area contributed by atoms with E-state index in [1.165, 1.54) is 0 Å². The molecule has 1 fully saturated rings. The molecule has 2 rings (SSSR count). The first-order valence-corrected chi connectivity index (χ1v) is 6.21. The number of ether oxygens (including phenoxy) is 1. The molecule has 0 aliphatic carbocycles. The lowest BCUT2D eigenvalue weighted by Crippen LogP contribution is -2.18. The number of rotatable bonds is 3. The van der Waals surface area contributed by atoms with Crippen LogP contribution < -0.4 is 10.1 Å². The molecular formula is C13H16ClNO3. The number of carboxylic acid groups (broad SMARTS) is 1. The number of aliphatic carboxylic acids is 1. The van der Waals surface area contributed by atoms with Crippen molar-refractivity contribution in [3.8, 4) is 5.75 Å². The van der Waals surface area contributed by atoms with Gasteiger partial charge in [0.15, 0.2) is 0 Å². The zero-order valence-corrected chi connectivity index (χ0v) is 11.1. The minimum atomic E-state index is -0.761. The fourth-order valence-corrected chi connectivity index (χ4v) is 2.60. The number of methoxy groups -OCH3 is 1. The number of nitrogens with one attached hydrogen (secondary N) is 1. The number of hydrogen-bond donors (Lipinski definition) is 2. The number of carboxylic acids is 1. The zero-order chi connectivity index (χ0) is 13.3. The first-order valence-electron chi connectivity index (χ1n) is 5.83. The molecule has 1 aromatic carbocycles. The van der Waals surface area contributed by atoms with Crippen molar-refractivity contribution in [2.45, 2.75) is 19.4 Å². The van der Waals surface area contributed by atoms with Crippen LogP contribution in [0, 0.1) is 12.8 Å². The van der Waals surface area contributed by atoms with Crippen LogP contribution in [0.15, 0.2) is 12.1 Å². The van der Waals surface area contributed by atoms with E-state index in [-0.39, 0.29) is 12.0 Å². The van der Waals surface area contributed by atoms with Crippen molar-refractivity contribution in [2.75, 3.05) is 13.7 Å². The van der Waals surface area contributed by atoms with E-state index in [4.69, 9.17) is 21.4 Å². The predicted octanol–water partition coefficient (Wildman–Crippen LogP) is 2.39. The molecule has 98 valence electrons. The van der Waals surface area contributed by atoms with E-state index < -0.39 is 5.97 Å². The average Bonchev–Trinajstić information content (AvgIpc) is 2.81. The van der Waals surface area contributed by atoms with E-state index in [0.29, 0.717) is 18.0 Å². The number of benzene rings is 1. The highest BCUT2D eigenvalue weighted by Gasteiger charge is 2.32. The van der Waals surface area contributed by atoms with E-state index in [1.54, 1.807) is 13.2 Å². The highest BCUT2D eigenvalue weighted by Crippen LogP contribution is 2.38. The lowest BCUT2D eigenvalue weighted by atomic mass is 9.95. The predicted molar refractivity (Wildman–Crippen MR) is 69.2 cm³/mol. The van der Waals surface area contributed by atoms with Gasteiger partial charge in [-0.1, -0.05) is 11.6 Å². The third kappa shape index (κ3) is 2.31. The topological polar surface area (TPSA) is 58.6 Å². The second kappa shape index (κ2) is 5.16. The minimum absolute atomic E-state index is 0.0141. The Bertz CT molecular complexity index is 476. The van der Waals surface area contributed by atoms with E-state index in [1.807, 2.05) is 13.0 Å². The summed E-state index contributed by atoms with van der Waals surface area (Å²) in [5.74, 6) is -0.359. The summed E-state index contributed by atoms with van der Waals surface area (Å²) < 4.78 is 5.34. The average molecular weight is 270 g/mol. The van der Waals surface area contributed by atoms with Gasteiger partial charge in [-0.25, -0.2) is 0 Å². The van der Waals surface area contributed by atoms with Crippen molar-refractivity contribution >= 4 is 17.6 Å². The van der Waals surface area contributed by atoms with E-state index in [9.17, 15) is 4.79 Å². The van der Waals surface area contributed by atoms with Gasteiger partial charge in [0, 0.05) is 23.2 Å². The van der Waals surface area contributed by atoms with Crippen molar-refractivity contribution in [3.63, 3.8) is 0 Å². The van der Waals surface area contributed by atoms with Gasteiger partial charge in [-0.05, 0) is 31.0 Å². The second-order valence-electron chi connectivity index (χ2n) is 4.52. The number of carbonyl (C=O) groups is 1. The Balaban J connectivity index is 2.34. The maximum Gasteiger partial charge on any atom is 0.307 e.